The number of aryl methyl sites for hydroxylation is 1. The van der Waals surface area contributed by atoms with Gasteiger partial charge in [-0.1, -0.05) is 11.6 Å². The third-order valence-corrected chi connectivity index (χ3v) is 6.66. The van der Waals surface area contributed by atoms with Gasteiger partial charge in [-0.05, 0) is 68.4 Å². The first-order valence-corrected chi connectivity index (χ1v) is 11.6. The van der Waals surface area contributed by atoms with Gasteiger partial charge in [-0.3, -0.25) is 4.79 Å². The summed E-state index contributed by atoms with van der Waals surface area (Å²) in [6.07, 6.45) is 1.47. The molecule has 3 rings (SSSR count). The second-order valence-corrected chi connectivity index (χ2v) is 9.89. The van der Waals surface area contributed by atoms with Crippen LogP contribution in [0.15, 0.2) is 70.6 Å². The van der Waals surface area contributed by atoms with Gasteiger partial charge in [-0.15, -0.1) is 11.8 Å². The molecule has 0 aliphatic carbocycles. The fourth-order valence-corrected chi connectivity index (χ4v) is 4.35. The van der Waals surface area contributed by atoms with E-state index in [1.165, 1.54) is 42.2 Å². The van der Waals surface area contributed by atoms with Crippen molar-refractivity contribution in [1.82, 2.24) is 9.97 Å². The van der Waals surface area contributed by atoms with Crippen LogP contribution in [0.2, 0.25) is 5.02 Å². The van der Waals surface area contributed by atoms with Gasteiger partial charge in [0.05, 0.1) is 10.1 Å². The highest BCUT2D eigenvalue weighted by atomic mass is 35.5. The van der Waals surface area contributed by atoms with Gasteiger partial charge in [-0.25, -0.2) is 23.1 Å². The average Bonchev–Trinajstić information content (AvgIpc) is 2.70. The monoisotopic (exact) mass is 462 g/mol. The Morgan fingerprint density at radius 2 is 1.73 bits per heavy atom. The lowest BCUT2D eigenvalue weighted by Crippen LogP contribution is -2.22. The number of hydrogen-bond acceptors (Lipinski definition) is 6. The van der Waals surface area contributed by atoms with E-state index in [0.29, 0.717) is 16.4 Å². The van der Waals surface area contributed by atoms with Crippen LogP contribution < -0.4 is 10.0 Å². The molecule has 7 nitrogen and oxygen atoms in total. The third-order valence-electron chi connectivity index (χ3n) is 3.95. The molecule has 0 unspecified atom stereocenters. The average molecular weight is 463 g/mol. The van der Waals surface area contributed by atoms with Crippen molar-refractivity contribution in [3.05, 3.63) is 71.5 Å². The van der Waals surface area contributed by atoms with Crippen LogP contribution in [0.25, 0.3) is 0 Å². The maximum atomic E-state index is 12.5. The first-order chi connectivity index (χ1) is 14.2. The highest BCUT2D eigenvalue weighted by Gasteiger charge is 2.17. The Kier molecular flexibility index (Phi) is 6.96. The number of hydrogen-bond donors (Lipinski definition) is 2. The Labute approximate surface area is 184 Å². The Bertz CT molecular complexity index is 1140. The molecule has 0 radical (unpaired) electrons. The number of carbonyl (C=O) groups excluding carboxylic acids is 1. The van der Waals surface area contributed by atoms with Crippen LogP contribution in [0, 0.1) is 6.92 Å². The van der Waals surface area contributed by atoms with Gasteiger partial charge in [0.15, 0.2) is 0 Å². The first kappa shape index (κ1) is 22.1. The molecule has 156 valence electrons. The minimum Gasteiger partial charge on any atom is -0.325 e. The van der Waals surface area contributed by atoms with Gasteiger partial charge in [0.1, 0.15) is 0 Å². The fraction of sp³-hybridized carbons (Fsp3) is 0.150. The van der Waals surface area contributed by atoms with Gasteiger partial charge >= 0.3 is 0 Å². The molecule has 0 saturated carbocycles. The van der Waals surface area contributed by atoms with Gasteiger partial charge < -0.3 is 5.32 Å². The molecule has 1 amide bonds. The highest BCUT2D eigenvalue weighted by molar-refractivity contribution is 8.00. The maximum Gasteiger partial charge on any atom is 0.264 e. The Morgan fingerprint density at radius 1 is 1.07 bits per heavy atom. The lowest BCUT2D eigenvalue weighted by atomic mass is 10.3. The first-order valence-electron chi connectivity index (χ1n) is 8.88. The summed E-state index contributed by atoms with van der Waals surface area (Å²) in [6.45, 7) is 3.53. The lowest BCUT2D eigenvalue weighted by molar-refractivity contribution is -0.115. The molecule has 3 aromatic rings. The number of aromatic nitrogens is 2. The highest BCUT2D eigenvalue weighted by Crippen LogP contribution is 2.26. The number of carbonyl (C=O) groups is 1. The molecule has 1 atom stereocenters. The summed E-state index contributed by atoms with van der Waals surface area (Å²) in [5, 5.41) is 3.07. The predicted molar refractivity (Wildman–Crippen MR) is 119 cm³/mol. The fourth-order valence-electron chi connectivity index (χ4n) is 2.41. The van der Waals surface area contributed by atoms with E-state index in [1.54, 1.807) is 32.0 Å². The van der Waals surface area contributed by atoms with Crippen LogP contribution in [0.1, 0.15) is 12.6 Å². The number of nitrogens with zero attached hydrogens (tertiary/aromatic N) is 2. The quantitative estimate of drug-likeness (QED) is 0.506. The van der Waals surface area contributed by atoms with Crippen LogP contribution >= 0.6 is 23.4 Å². The standard InChI is InChI=1S/C20H19ClN4O3S2/c1-13-11-12-22-20(23-13)25-30(27,28)18-9-5-16(6-10-18)24-19(26)14(2)29-17-7-3-15(21)4-8-17/h3-12,14H,1-2H3,(H,24,26)(H,22,23,25)/t14-/m1/s1. The zero-order chi connectivity index (χ0) is 21.7. The number of thioether (sulfide) groups is 1. The SMILES string of the molecule is Cc1ccnc(NS(=O)(=O)c2ccc(NC(=O)[C@@H](C)Sc3ccc(Cl)cc3)cc2)n1. The molecule has 0 fully saturated rings. The Hall–Kier alpha value is -2.62. The summed E-state index contributed by atoms with van der Waals surface area (Å²) >= 11 is 7.27. The third kappa shape index (κ3) is 5.94. The van der Waals surface area contributed by atoms with Crippen LogP contribution in [0.5, 0.6) is 0 Å². The molecule has 0 bridgehead atoms. The largest absolute Gasteiger partial charge is 0.325 e. The molecule has 10 heteroatoms. The molecule has 0 aliphatic rings. The number of rotatable bonds is 7. The van der Waals surface area contributed by atoms with Gasteiger partial charge in [0.25, 0.3) is 10.0 Å². The molecule has 30 heavy (non-hydrogen) atoms. The van der Waals surface area contributed by atoms with E-state index in [0.717, 1.165) is 4.90 Å². The van der Waals surface area contributed by atoms with Crippen LogP contribution in [-0.2, 0) is 14.8 Å². The number of halogens is 1. The van der Waals surface area contributed by atoms with Crippen molar-refractivity contribution in [2.75, 3.05) is 10.0 Å². The Morgan fingerprint density at radius 3 is 2.37 bits per heavy atom. The molecule has 2 N–H and O–H groups in total. The minimum absolute atomic E-state index is 0.000397. The van der Waals surface area contributed by atoms with E-state index in [2.05, 4.69) is 20.0 Å². The normalized spacial score (nSPS) is 12.2. The predicted octanol–water partition coefficient (Wildman–Crippen LogP) is 4.36. The lowest BCUT2D eigenvalue weighted by Gasteiger charge is -2.13. The van der Waals surface area contributed by atoms with E-state index >= 15 is 0 Å². The van der Waals surface area contributed by atoms with Crippen molar-refractivity contribution < 1.29 is 13.2 Å². The molecule has 0 saturated heterocycles. The van der Waals surface area contributed by atoms with E-state index < -0.39 is 10.0 Å². The summed E-state index contributed by atoms with van der Waals surface area (Å²) in [5.74, 6) is -0.197. The van der Waals surface area contributed by atoms with E-state index in [1.807, 2.05) is 12.1 Å². The van der Waals surface area contributed by atoms with Crippen molar-refractivity contribution in [3.8, 4) is 0 Å². The Balaban J connectivity index is 1.63. The van der Waals surface area contributed by atoms with E-state index in [9.17, 15) is 13.2 Å². The second-order valence-electron chi connectivity index (χ2n) is 6.35. The minimum atomic E-state index is -3.84. The van der Waals surface area contributed by atoms with E-state index in [-0.39, 0.29) is 22.0 Å². The van der Waals surface area contributed by atoms with Crippen LogP contribution in [0.3, 0.4) is 0 Å². The van der Waals surface area contributed by atoms with Gasteiger partial charge in [0, 0.05) is 27.5 Å². The number of nitrogens with one attached hydrogen (secondary N) is 2. The van der Waals surface area contributed by atoms with Crippen LogP contribution in [0.4, 0.5) is 11.6 Å². The molecule has 0 spiro atoms. The summed E-state index contributed by atoms with van der Waals surface area (Å²) in [7, 11) is -3.84. The summed E-state index contributed by atoms with van der Waals surface area (Å²) in [6, 6.07) is 14.8. The van der Waals surface area contributed by atoms with Crippen molar-refractivity contribution in [2.24, 2.45) is 0 Å². The summed E-state index contributed by atoms with van der Waals surface area (Å²) in [4.78, 5) is 21.3. The molecular formula is C20H19ClN4O3S2. The van der Waals surface area contributed by atoms with Crippen molar-refractivity contribution in [2.45, 2.75) is 28.9 Å². The molecule has 0 aliphatic heterocycles. The van der Waals surface area contributed by atoms with Crippen LogP contribution in [-0.4, -0.2) is 29.5 Å². The van der Waals surface area contributed by atoms with Crippen molar-refractivity contribution >= 4 is 50.9 Å². The number of amides is 1. The number of anilines is 2. The van der Waals surface area contributed by atoms with Gasteiger partial charge in [-0.2, -0.15) is 0 Å². The van der Waals surface area contributed by atoms with Crippen molar-refractivity contribution in [3.63, 3.8) is 0 Å². The number of benzene rings is 2. The maximum absolute atomic E-state index is 12.5. The smallest absolute Gasteiger partial charge is 0.264 e. The molecular weight excluding hydrogens is 444 g/mol. The van der Waals surface area contributed by atoms with Gasteiger partial charge in [0.2, 0.25) is 11.9 Å². The zero-order valence-corrected chi connectivity index (χ0v) is 18.6. The summed E-state index contributed by atoms with van der Waals surface area (Å²) < 4.78 is 27.3. The topological polar surface area (TPSA) is 101 Å². The second kappa shape index (κ2) is 9.46. The zero-order valence-electron chi connectivity index (χ0n) is 16.2. The molecule has 2 aromatic carbocycles. The molecule has 1 aromatic heterocycles. The van der Waals surface area contributed by atoms with E-state index in [4.69, 9.17) is 11.6 Å². The number of sulfonamides is 1. The van der Waals surface area contributed by atoms with Crippen molar-refractivity contribution in [1.29, 1.82) is 0 Å². The summed E-state index contributed by atoms with van der Waals surface area (Å²) in [5.41, 5.74) is 1.14. The molecule has 1 heterocycles.